The van der Waals surface area contributed by atoms with Crippen LogP contribution in [0, 0.1) is 25.2 Å². The average molecular weight is 456 g/mol. The Balaban J connectivity index is 1.57. The molecule has 2 aromatic carbocycles. The molecule has 1 N–H and O–H groups in total. The SMILES string of the molecule is Cc1oc(NC(=O)COC(=O)c2nn(Cc3ccccc3)c(=O)c3ccccc23)c(C#N)c1C. The predicted octanol–water partition coefficient (Wildman–Crippen LogP) is 3.32. The lowest BCUT2D eigenvalue weighted by molar-refractivity contribution is -0.119. The highest BCUT2D eigenvalue weighted by atomic mass is 16.5. The molecule has 4 aromatic rings. The van der Waals surface area contributed by atoms with Crippen molar-refractivity contribution in [3.05, 3.63) is 93.1 Å². The summed E-state index contributed by atoms with van der Waals surface area (Å²) in [5.74, 6) is -1.04. The van der Waals surface area contributed by atoms with E-state index in [1.165, 1.54) is 4.68 Å². The summed E-state index contributed by atoms with van der Waals surface area (Å²) >= 11 is 0. The molecule has 9 nitrogen and oxygen atoms in total. The number of aromatic nitrogens is 2. The van der Waals surface area contributed by atoms with E-state index in [1.807, 2.05) is 36.4 Å². The van der Waals surface area contributed by atoms with Gasteiger partial charge < -0.3 is 9.15 Å². The van der Waals surface area contributed by atoms with E-state index in [0.717, 1.165) is 5.56 Å². The molecule has 0 aliphatic rings. The van der Waals surface area contributed by atoms with Gasteiger partial charge in [-0.15, -0.1) is 0 Å². The van der Waals surface area contributed by atoms with Crippen molar-refractivity contribution in [1.82, 2.24) is 9.78 Å². The molecule has 170 valence electrons. The van der Waals surface area contributed by atoms with E-state index >= 15 is 0 Å². The lowest BCUT2D eigenvalue weighted by Gasteiger charge is -2.11. The van der Waals surface area contributed by atoms with E-state index in [0.29, 0.717) is 22.1 Å². The van der Waals surface area contributed by atoms with Gasteiger partial charge in [0.05, 0.1) is 11.9 Å². The number of aryl methyl sites for hydroxylation is 1. The molecule has 0 saturated carbocycles. The average Bonchev–Trinajstić information content (AvgIpc) is 3.11. The van der Waals surface area contributed by atoms with E-state index < -0.39 is 18.5 Å². The van der Waals surface area contributed by atoms with E-state index in [9.17, 15) is 19.6 Å². The molecular weight excluding hydrogens is 436 g/mol. The monoisotopic (exact) mass is 456 g/mol. The predicted molar refractivity (Wildman–Crippen MR) is 123 cm³/mol. The van der Waals surface area contributed by atoms with Crippen LogP contribution in [-0.2, 0) is 16.1 Å². The molecule has 0 spiro atoms. The van der Waals surface area contributed by atoms with Crippen LogP contribution in [0.15, 0.2) is 63.8 Å². The molecule has 0 radical (unpaired) electrons. The third-order valence-corrected chi connectivity index (χ3v) is 5.32. The first kappa shape index (κ1) is 22.5. The summed E-state index contributed by atoms with van der Waals surface area (Å²) in [5, 5.41) is 16.6. The Bertz CT molecular complexity index is 1500. The fourth-order valence-corrected chi connectivity index (χ4v) is 3.46. The summed E-state index contributed by atoms with van der Waals surface area (Å²) < 4.78 is 11.8. The Labute approximate surface area is 194 Å². The van der Waals surface area contributed by atoms with Gasteiger partial charge in [-0.25, -0.2) is 9.48 Å². The maximum atomic E-state index is 12.9. The van der Waals surface area contributed by atoms with Crippen LogP contribution in [0.25, 0.3) is 10.8 Å². The van der Waals surface area contributed by atoms with Crippen LogP contribution < -0.4 is 10.9 Å². The quantitative estimate of drug-likeness (QED) is 0.441. The largest absolute Gasteiger partial charge is 0.451 e. The molecule has 34 heavy (non-hydrogen) atoms. The first-order valence-corrected chi connectivity index (χ1v) is 10.4. The van der Waals surface area contributed by atoms with Crippen molar-refractivity contribution in [2.24, 2.45) is 0 Å². The van der Waals surface area contributed by atoms with Gasteiger partial charge in [0.25, 0.3) is 11.5 Å². The normalized spacial score (nSPS) is 10.6. The van der Waals surface area contributed by atoms with Gasteiger partial charge in [0, 0.05) is 10.9 Å². The van der Waals surface area contributed by atoms with Crippen LogP contribution in [0.3, 0.4) is 0 Å². The number of rotatable bonds is 6. The number of hydrogen-bond acceptors (Lipinski definition) is 7. The molecule has 0 atom stereocenters. The minimum absolute atomic E-state index is 0.00136. The molecule has 0 bridgehead atoms. The highest BCUT2D eigenvalue weighted by Gasteiger charge is 2.21. The molecule has 1 amide bonds. The highest BCUT2D eigenvalue weighted by Crippen LogP contribution is 2.25. The van der Waals surface area contributed by atoms with Crippen molar-refractivity contribution in [2.45, 2.75) is 20.4 Å². The van der Waals surface area contributed by atoms with Crippen molar-refractivity contribution in [3.63, 3.8) is 0 Å². The Hall–Kier alpha value is -4.71. The number of nitrogens with zero attached hydrogens (tertiary/aromatic N) is 3. The Morgan fingerprint density at radius 2 is 1.76 bits per heavy atom. The van der Waals surface area contributed by atoms with Crippen molar-refractivity contribution in [3.8, 4) is 6.07 Å². The van der Waals surface area contributed by atoms with Gasteiger partial charge in [-0.05, 0) is 25.5 Å². The van der Waals surface area contributed by atoms with Crippen LogP contribution in [0.1, 0.15) is 32.9 Å². The lowest BCUT2D eigenvalue weighted by atomic mass is 10.1. The van der Waals surface area contributed by atoms with Crippen molar-refractivity contribution in [1.29, 1.82) is 5.26 Å². The van der Waals surface area contributed by atoms with Gasteiger partial charge in [0.2, 0.25) is 5.88 Å². The zero-order valence-corrected chi connectivity index (χ0v) is 18.5. The number of nitriles is 1. The van der Waals surface area contributed by atoms with Crippen molar-refractivity contribution >= 4 is 28.5 Å². The highest BCUT2D eigenvalue weighted by molar-refractivity contribution is 6.03. The standard InChI is InChI=1S/C25H20N4O5/c1-15-16(2)34-23(20(15)12-26)27-21(30)14-33-25(32)22-18-10-6-7-11-19(18)24(31)29(28-22)13-17-8-4-3-5-9-17/h3-11H,13-14H2,1-2H3,(H,27,30). The van der Waals surface area contributed by atoms with Crippen LogP contribution in [0.2, 0.25) is 0 Å². The maximum Gasteiger partial charge on any atom is 0.359 e. The number of benzene rings is 2. The molecule has 0 saturated heterocycles. The summed E-state index contributed by atoms with van der Waals surface area (Å²) in [5.41, 5.74) is 1.23. The molecule has 9 heteroatoms. The third kappa shape index (κ3) is 4.42. The zero-order valence-electron chi connectivity index (χ0n) is 18.5. The van der Waals surface area contributed by atoms with Crippen LogP contribution in [0.5, 0.6) is 0 Å². The number of anilines is 1. The number of carbonyl (C=O) groups excluding carboxylic acids is 2. The molecule has 2 heterocycles. The molecule has 2 aromatic heterocycles. The van der Waals surface area contributed by atoms with E-state index in [4.69, 9.17) is 9.15 Å². The summed E-state index contributed by atoms with van der Waals surface area (Å²) in [4.78, 5) is 38.1. The van der Waals surface area contributed by atoms with E-state index in [1.54, 1.807) is 38.1 Å². The second kappa shape index (κ2) is 9.42. The van der Waals surface area contributed by atoms with Gasteiger partial charge in [0.15, 0.2) is 12.3 Å². The topological polar surface area (TPSA) is 127 Å². The minimum atomic E-state index is -0.861. The lowest BCUT2D eigenvalue weighted by Crippen LogP contribution is -2.28. The van der Waals surface area contributed by atoms with Gasteiger partial charge in [-0.3, -0.25) is 14.9 Å². The summed E-state index contributed by atoms with van der Waals surface area (Å²) in [7, 11) is 0. The smallest absolute Gasteiger partial charge is 0.359 e. The molecular formula is C25H20N4O5. The number of carbonyl (C=O) groups is 2. The van der Waals surface area contributed by atoms with Gasteiger partial charge >= 0.3 is 5.97 Å². The Morgan fingerprint density at radius 1 is 1.09 bits per heavy atom. The maximum absolute atomic E-state index is 12.9. The number of nitrogens with one attached hydrogen (secondary N) is 1. The molecule has 0 unspecified atom stereocenters. The molecule has 0 aliphatic heterocycles. The first-order valence-electron chi connectivity index (χ1n) is 10.4. The fraction of sp³-hybridized carbons (Fsp3) is 0.160. The molecule has 0 fully saturated rings. The Morgan fingerprint density at radius 3 is 2.47 bits per heavy atom. The van der Waals surface area contributed by atoms with Crippen molar-refractivity contribution < 1.29 is 18.7 Å². The van der Waals surface area contributed by atoms with Gasteiger partial charge in [-0.1, -0.05) is 48.5 Å². The summed E-state index contributed by atoms with van der Waals surface area (Å²) in [6, 6.07) is 17.8. The number of fused-ring (bicyclic) bond motifs is 1. The zero-order chi connectivity index (χ0) is 24.2. The second-order valence-corrected chi connectivity index (χ2v) is 7.57. The number of amides is 1. The second-order valence-electron chi connectivity index (χ2n) is 7.57. The molecule has 4 rings (SSSR count). The fourth-order valence-electron chi connectivity index (χ4n) is 3.46. The van der Waals surface area contributed by atoms with Crippen LogP contribution in [-0.4, -0.2) is 28.3 Å². The number of esters is 1. The number of ether oxygens (including phenoxy) is 1. The molecule has 0 aliphatic carbocycles. The van der Waals surface area contributed by atoms with Crippen LogP contribution in [0.4, 0.5) is 5.88 Å². The summed E-state index contributed by atoms with van der Waals surface area (Å²) in [6.07, 6.45) is 0. The Kier molecular flexibility index (Phi) is 6.23. The first-order chi connectivity index (χ1) is 16.4. The van der Waals surface area contributed by atoms with E-state index in [-0.39, 0.29) is 29.2 Å². The van der Waals surface area contributed by atoms with Gasteiger partial charge in [0.1, 0.15) is 17.4 Å². The van der Waals surface area contributed by atoms with Crippen molar-refractivity contribution in [2.75, 3.05) is 11.9 Å². The van der Waals surface area contributed by atoms with E-state index in [2.05, 4.69) is 10.4 Å². The van der Waals surface area contributed by atoms with Gasteiger partial charge in [-0.2, -0.15) is 10.4 Å². The minimum Gasteiger partial charge on any atom is -0.451 e. The number of furan rings is 1. The third-order valence-electron chi connectivity index (χ3n) is 5.32. The number of hydrogen-bond donors (Lipinski definition) is 1. The summed E-state index contributed by atoms with van der Waals surface area (Å²) in [6.45, 7) is 2.91. The van der Waals surface area contributed by atoms with Crippen LogP contribution >= 0.6 is 0 Å².